The van der Waals surface area contributed by atoms with Crippen LogP contribution in [0, 0.1) is 0 Å². The maximum atomic E-state index is 6.34. The van der Waals surface area contributed by atoms with Gasteiger partial charge in [-0.2, -0.15) is 0 Å². The van der Waals surface area contributed by atoms with Crippen LogP contribution in [0.15, 0.2) is 111 Å². The Morgan fingerprint density at radius 2 is 1.31 bits per heavy atom. The molecule has 0 atom stereocenters. The Labute approximate surface area is 156 Å². The predicted octanol–water partition coefficient (Wildman–Crippen LogP) is 7.40. The van der Waals surface area contributed by atoms with Crippen molar-refractivity contribution in [2.24, 2.45) is 0 Å². The molecule has 0 radical (unpaired) electrons. The lowest BCUT2D eigenvalue weighted by Crippen LogP contribution is -1.79. The van der Waals surface area contributed by atoms with E-state index in [-0.39, 0.29) is 0 Å². The Kier molecular flexibility index (Phi) is 3.76. The number of fused-ring (bicyclic) bond motifs is 3. The molecule has 0 saturated carbocycles. The van der Waals surface area contributed by atoms with Crippen LogP contribution in [0.5, 0.6) is 0 Å². The number of furan rings is 1. The SMILES string of the molecule is c1ccc(Sc2c(-c3ccccc3)oc3ccc4ccccc4c23)cc1. The molecule has 0 aliphatic heterocycles. The monoisotopic (exact) mass is 352 g/mol. The van der Waals surface area contributed by atoms with E-state index in [1.54, 1.807) is 11.8 Å². The molecule has 0 aliphatic carbocycles. The first-order valence-corrected chi connectivity index (χ1v) is 9.44. The van der Waals surface area contributed by atoms with Crippen molar-refractivity contribution < 1.29 is 4.42 Å². The zero-order valence-electron chi connectivity index (χ0n) is 14.1. The van der Waals surface area contributed by atoms with Gasteiger partial charge in [0.05, 0.1) is 4.90 Å². The zero-order chi connectivity index (χ0) is 17.3. The van der Waals surface area contributed by atoms with E-state index in [9.17, 15) is 0 Å². The van der Waals surface area contributed by atoms with E-state index < -0.39 is 0 Å². The molecule has 124 valence electrons. The highest BCUT2D eigenvalue weighted by Crippen LogP contribution is 2.45. The molecule has 1 aromatic heterocycles. The van der Waals surface area contributed by atoms with Crippen molar-refractivity contribution in [2.45, 2.75) is 9.79 Å². The Bertz CT molecular complexity index is 1190. The number of benzene rings is 4. The number of hydrogen-bond donors (Lipinski definition) is 0. The molecule has 26 heavy (non-hydrogen) atoms. The fourth-order valence-electron chi connectivity index (χ4n) is 3.32. The Morgan fingerprint density at radius 1 is 0.615 bits per heavy atom. The van der Waals surface area contributed by atoms with E-state index in [0.29, 0.717) is 0 Å². The van der Waals surface area contributed by atoms with Gasteiger partial charge in [-0.25, -0.2) is 0 Å². The van der Waals surface area contributed by atoms with Crippen molar-refractivity contribution >= 4 is 33.5 Å². The van der Waals surface area contributed by atoms with Crippen LogP contribution in [-0.4, -0.2) is 0 Å². The average molecular weight is 352 g/mol. The second-order valence-electron chi connectivity index (χ2n) is 6.20. The first-order valence-electron chi connectivity index (χ1n) is 8.63. The number of hydrogen-bond acceptors (Lipinski definition) is 2. The Hall–Kier alpha value is -2.97. The van der Waals surface area contributed by atoms with Crippen molar-refractivity contribution in [3.63, 3.8) is 0 Å². The molecule has 0 unspecified atom stereocenters. The lowest BCUT2D eigenvalue weighted by molar-refractivity contribution is 0.625. The number of rotatable bonds is 3. The molecule has 0 amide bonds. The van der Waals surface area contributed by atoms with Gasteiger partial charge in [0.15, 0.2) is 0 Å². The molecule has 0 spiro atoms. The second kappa shape index (κ2) is 6.40. The van der Waals surface area contributed by atoms with Crippen LogP contribution >= 0.6 is 11.8 Å². The van der Waals surface area contributed by atoms with Gasteiger partial charge in [0.1, 0.15) is 11.3 Å². The molecule has 2 heteroatoms. The summed E-state index contributed by atoms with van der Waals surface area (Å²) >= 11 is 1.77. The van der Waals surface area contributed by atoms with Gasteiger partial charge in [-0.1, -0.05) is 90.6 Å². The Morgan fingerprint density at radius 3 is 2.12 bits per heavy atom. The lowest BCUT2D eigenvalue weighted by atomic mass is 10.1. The van der Waals surface area contributed by atoms with Crippen LogP contribution in [0.1, 0.15) is 0 Å². The van der Waals surface area contributed by atoms with Crippen molar-refractivity contribution in [1.82, 2.24) is 0 Å². The standard InChI is InChI=1S/C24H16OS/c1-3-10-18(11-4-1)23-24(26-19-12-5-2-6-13-19)22-20-14-8-7-9-17(20)15-16-21(22)25-23/h1-16H. The maximum Gasteiger partial charge on any atom is 0.149 e. The van der Waals surface area contributed by atoms with Gasteiger partial charge in [-0.3, -0.25) is 0 Å². The molecule has 1 nitrogen and oxygen atoms in total. The summed E-state index contributed by atoms with van der Waals surface area (Å²) < 4.78 is 6.34. The van der Waals surface area contributed by atoms with Crippen molar-refractivity contribution in [3.8, 4) is 11.3 Å². The highest BCUT2D eigenvalue weighted by molar-refractivity contribution is 7.99. The van der Waals surface area contributed by atoms with Crippen LogP contribution in [0.3, 0.4) is 0 Å². The van der Waals surface area contributed by atoms with Crippen molar-refractivity contribution in [1.29, 1.82) is 0 Å². The summed E-state index contributed by atoms with van der Waals surface area (Å²) in [5, 5.41) is 3.65. The van der Waals surface area contributed by atoms with E-state index in [1.807, 2.05) is 12.1 Å². The van der Waals surface area contributed by atoms with Crippen LogP contribution < -0.4 is 0 Å². The first kappa shape index (κ1) is 15.3. The van der Waals surface area contributed by atoms with E-state index >= 15 is 0 Å². The van der Waals surface area contributed by atoms with E-state index in [0.717, 1.165) is 16.9 Å². The molecule has 5 rings (SSSR count). The van der Waals surface area contributed by atoms with Crippen LogP contribution in [0.4, 0.5) is 0 Å². The fraction of sp³-hybridized carbons (Fsp3) is 0. The maximum absolute atomic E-state index is 6.34. The molecule has 4 aromatic carbocycles. The van der Waals surface area contributed by atoms with Gasteiger partial charge in [0.2, 0.25) is 0 Å². The third kappa shape index (κ3) is 2.59. The van der Waals surface area contributed by atoms with E-state index in [2.05, 4.69) is 84.9 Å². The summed E-state index contributed by atoms with van der Waals surface area (Å²) in [4.78, 5) is 2.38. The highest BCUT2D eigenvalue weighted by Gasteiger charge is 2.19. The van der Waals surface area contributed by atoms with Gasteiger partial charge in [0.25, 0.3) is 0 Å². The third-order valence-electron chi connectivity index (χ3n) is 4.54. The molecule has 0 aliphatic rings. The molecule has 1 heterocycles. The molecular formula is C24H16OS. The van der Waals surface area contributed by atoms with E-state index in [1.165, 1.54) is 25.9 Å². The molecule has 0 N–H and O–H groups in total. The smallest absolute Gasteiger partial charge is 0.149 e. The molecule has 0 saturated heterocycles. The molecule has 5 aromatic rings. The van der Waals surface area contributed by atoms with Crippen molar-refractivity contribution in [3.05, 3.63) is 97.1 Å². The highest BCUT2D eigenvalue weighted by atomic mass is 32.2. The second-order valence-corrected chi connectivity index (χ2v) is 7.29. The molecular weight excluding hydrogens is 336 g/mol. The van der Waals surface area contributed by atoms with Gasteiger partial charge < -0.3 is 4.42 Å². The summed E-state index contributed by atoms with van der Waals surface area (Å²) in [6.45, 7) is 0. The summed E-state index contributed by atoms with van der Waals surface area (Å²) in [5.41, 5.74) is 2.03. The molecule has 0 fully saturated rings. The van der Waals surface area contributed by atoms with Gasteiger partial charge in [0, 0.05) is 15.8 Å². The minimum absolute atomic E-state index is 0.931. The quantitative estimate of drug-likeness (QED) is 0.335. The normalized spacial score (nSPS) is 11.2. The molecule has 0 bridgehead atoms. The fourth-order valence-corrected chi connectivity index (χ4v) is 4.42. The van der Waals surface area contributed by atoms with E-state index in [4.69, 9.17) is 4.42 Å². The lowest BCUT2D eigenvalue weighted by Gasteiger charge is -2.05. The summed E-state index contributed by atoms with van der Waals surface area (Å²) in [7, 11) is 0. The van der Waals surface area contributed by atoms with Gasteiger partial charge in [-0.05, 0) is 29.0 Å². The zero-order valence-corrected chi connectivity index (χ0v) is 14.9. The predicted molar refractivity (Wildman–Crippen MR) is 110 cm³/mol. The third-order valence-corrected chi connectivity index (χ3v) is 5.64. The van der Waals surface area contributed by atoms with Crippen LogP contribution in [0.25, 0.3) is 33.1 Å². The average Bonchev–Trinajstić information content (AvgIpc) is 3.08. The summed E-state index contributed by atoms with van der Waals surface area (Å²) in [5.74, 6) is 0.936. The summed E-state index contributed by atoms with van der Waals surface area (Å²) in [6.07, 6.45) is 0. The van der Waals surface area contributed by atoms with Crippen LogP contribution in [-0.2, 0) is 0 Å². The van der Waals surface area contributed by atoms with Crippen LogP contribution in [0.2, 0.25) is 0 Å². The topological polar surface area (TPSA) is 13.1 Å². The van der Waals surface area contributed by atoms with Crippen molar-refractivity contribution in [2.75, 3.05) is 0 Å². The summed E-state index contributed by atoms with van der Waals surface area (Å²) in [6, 6.07) is 33.5. The largest absolute Gasteiger partial charge is 0.455 e. The first-order chi connectivity index (χ1) is 12.9. The Balaban J connectivity index is 1.83. The minimum atomic E-state index is 0.931. The van der Waals surface area contributed by atoms with Gasteiger partial charge >= 0.3 is 0 Å². The van der Waals surface area contributed by atoms with Gasteiger partial charge in [-0.15, -0.1) is 0 Å². The minimum Gasteiger partial charge on any atom is -0.455 e.